The molecule has 1 aromatic heterocycles. The van der Waals surface area contributed by atoms with E-state index in [1.165, 1.54) is 25.0 Å². The van der Waals surface area contributed by atoms with Gasteiger partial charge in [0.1, 0.15) is 0 Å². The van der Waals surface area contributed by atoms with Gasteiger partial charge in [0.15, 0.2) is 0 Å². The Hall–Kier alpha value is -1.46. The molecule has 0 aromatic carbocycles. The molecule has 0 radical (unpaired) electrons. The van der Waals surface area contributed by atoms with Crippen molar-refractivity contribution >= 4 is 5.91 Å². The number of hydrogen-bond donors (Lipinski definition) is 0. The summed E-state index contributed by atoms with van der Waals surface area (Å²) >= 11 is 0. The van der Waals surface area contributed by atoms with Crippen LogP contribution in [0.3, 0.4) is 0 Å². The molecule has 1 aromatic rings. The third kappa shape index (κ3) is 4.93. The van der Waals surface area contributed by atoms with Crippen molar-refractivity contribution in [1.29, 1.82) is 0 Å². The van der Waals surface area contributed by atoms with Crippen LogP contribution in [0.4, 0.5) is 0 Å². The summed E-state index contributed by atoms with van der Waals surface area (Å²) in [5, 5.41) is 0. The van der Waals surface area contributed by atoms with Gasteiger partial charge in [-0.1, -0.05) is 6.07 Å². The zero-order chi connectivity index (χ0) is 19.4. The first-order valence-corrected chi connectivity index (χ1v) is 11.1. The largest absolute Gasteiger partial charge is 0.381 e. The van der Waals surface area contributed by atoms with Gasteiger partial charge in [-0.3, -0.25) is 14.7 Å². The van der Waals surface area contributed by atoms with E-state index in [-0.39, 0.29) is 5.41 Å². The van der Waals surface area contributed by atoms with Crippen molar-refractivity contribution in [2.45, 2.75) is 58.4 Å². The number of pyridine rings is 1. The summed E-state index contributed by atoms with van der Waals surface area (Å²) < 4.78 is 5.45. The molecule has 3 fully saturated rings. The Morgan fingerprint density at radius 2 is 1.96 bits per heavy atom. The summed E-state index contributed by atoms with van der Waals surface area (Å²) in [6.45, 7) is 8.78. The quantitative estimate of drug-likeness (QED) is 0.797. The smallest absolute Gasteiger partial charge is 0.222 e. The Balaban J connectivity index is 1.35. The maximum Gasteiger partial charge on any atom is 0.222 e. The second-order valence-electron chi connectivity index (χ2n) is 9.26. The maximum absolute atomic E-state index is 13.0. The number of carbonyl (C=O) groups excluding carboxylic acids is 1. The van der Waals surface area contributed by atoms with Gasteiger partial charge in [-0.2, -0.15) is 0 Å². The van der Waals surface area contributed by atoms with Gasteiger partial charge in [-0.15, -0.1) is 0 Å². The number of amides is 1. The zero-order valence-electron chi connectivity index (χ0n) is 17.4. The molecule has 3 aliphatic rings. The minimum Gasteiger partial charge on any atom is -0.381 e. The minimum atomic E-state index is 0.283. The lowest BCUT2D eigenvalue weighted by atomic mass is 9.73. The highest BCUT2D eigenvalue weighted by Gasteiger charge is 2.40. The number of ether oxygens (including phenoxy) is 1. The molecule has 28 heavy (non-hydrogen) atoms. The molecular formula is C23H35N3O2. The number of rotatable bonds is 4. The van der Waals surface area contributed by atoms with E-state index < -0.39 is 0 Å². The number of aromatic nitrogens is 1. The molecular weight excluding hydrogens is 350 g/mol. The van der Waals surface area contributed by atoms with Gasteiger partial charge < -0.3 is 9.64 Å². The molecule has 3 aliphatic heterocycles. The Kier molecular flexibility index (Phi) is 6.32. The summed E-state index contributed by atoms with van der Waals surface area (Å²) in [6.07, 6.45) is 7.70. The van der Waals surface area contributed by atoms with Crippen LogP contribution in [0.15, 0.2) is 18.2 Å². The average molecular weight is 386 g/mol. The molecule has 1 atom stereocenters. The molecule has 1 amide bonds. The van der Waals surface area contributed by atoms with Gasteiger partial charge in [0.2, 0.25) is 5.91 Å². The van der Waals surface area contributed by atoms with E-state index in [1.807, 2.05) is 0 Å². The molecule has 1 unspecified atom stereocenters. The first-order chi connectivity index (χ1) is 13.6. The molecule has 4 heterocycles. The number of nitrogens with zero attached hydrogens (tertiary/aromatic N) is 3. The summed E-state index contributed by atoms with van der Waals surface area (Å²) in [5.41, 5.74) is 2.54. The molecule has 0 bridgehead atoms. The summed E-state index contributed by atoms with van der Waals surface area (Å²) in [5.74, 6) is 0.901. The van der Waals surface area contributed by atoms with Crippen LogP contribution in [0.5, 0.6) is 0 Å². The first kappa shape index (κ1) is 19.8. The van der Waals surface area contributed by atoms with E-state index in [0.29, 0.717) is 11.8 Å². The van der Waals surface area contributed by atoms with Crippen LogP contribution in [0.25, 0.3) is 0 Å². The second-order valence-corrected chi connectivity index (χ2v) is 9.26. The molecule has 154 valence electrons. The van der Waals surface area contributed by atoms with Gasteiger partial charge in [0.05, 0.1) is 5.69 Å². The van der Waals surface area contributed by atoms with Crippen LogP contribution in [-0.4, -0.2) is 60.1 Å². The van der Waals surface area contributed by atoms with Gasteiger partial charge in [-0.25, -0.2) is 0 Å². The predicted octanol–water partition coefficient (Wildman–Crippen LogP) is 3.41. The van der Waals surface area contributed by atoms with Gasteiger partial charge in [-0.05, 0) is 70.0 Å². The standard InChI is InChI=1S/C23H35N3O2/c1-19-5-2-6-21(24-19)16-25-11-3-9-23(17-25)10-4-12-26(18-23)22(27)15-20-7-13-28-14-8-20/h2,5-6,20H,3-4,7-18H2,1H3. The number of likely N-dealkylation sites (tertiary alicyclic amines) is 2. The fourth-order valence-electron chi connectivity index (χ4n) is 5.44. The van der Waals surface area contributed by atoms with Crippen LogP contribution < -0.4 is 0 Å². The number of piperidine rings is 2. The molecule has 0 N–H and O–H groups in total. The molecule has 0 aliphatic carbocycles. The molecule has 5 heteroatoms. The highest BCUT2D eigenvalue weighted by atomic mass is 16.5. The lowest BCUT2D eigenvalue weighted by Gasteiger charge is -2.48. The molecule has 5 nitrogen and oxygen atoms in total. The van der Waals surface area contributed by atoms with Crippen molar-refractivity contribution < 1.29 is 9.53 Å². The van der Waals surface area contributed by atoms with Crippen LogP contribution in [0.1, 0.15) is 56.3 Å². The second kappa shape index (κ2) is 8.91. The average Bonchev–Trinajstić information content (AvgIpc) is 2.69. The van der Waals surface area contributed by atoms with E-state index in [4.69, 9.17) is 9.72 Å². The zero-order valence-corrected chi connectivity index (χ0v) is 17.4. The highest BCUT2D eigenvalue weighted by molar-refractivity contribution is 5.76. The van der Waals surface area contributed by atoms with Gasteiger partial charge in [0, 0.05) is 56.9 Å². The van der Waals surface area contributed by atoms with Crippen LogP contribution in [0.2, 0.25) is 0 Å². The Morgan fingerprint density at radius 1 is 1.18 bits per heavy atom. The Morgan fingerprint density at radius 3 is 2.75 bits per heavy atom. The monoisotopic (exact) mass is 385 g/mol. The normalized spacial score (nSPS) is 27.2. The Labute approximate surface area is 169 Å². The Bertz CT molecular complexity index is 670. The topological polar surface area (TPSA) is 45.7 Å². The summed E-state index contributed by atoms with van der Waals surface area (Å²) in [4.78, 5) is 22.4. The van der Waals surface area contributed by atoms with E-state index >= 15 is 0 Å². The lowest BCUT2D eigenvalue weighted by Crippen LogP contribution is -2.53. The molecule has 1 spiro atoms. The predicted molar refractivity (Wildman–Crippen MR) is 110 cm³/mol. The fraction of sp³-hybridized carbons (Fsp3) is 0.739. The van der Waals surface area contributed by atoms with Crippen molar-refractivity contribution in [2.75, 3.05) is 39.4 Å². The van der Waals surface area contributed by atoms with Crippen molar-refractivity contribution in [3.63, 3.8) is 0 Å². The molecule has 0 saturated carbocycles. The number of hydrogen-bond acceptors (Lipinski definition) is 4. The van der Waals surface area contributed by atoms with Crippen molar-refractivity contribution in [3.8, 4) is 0 Å². The fourth-order valence-corrected chi connectivity index (χ4v) is 5.44. The van der Waals surface area contributed by atoms with E-state index in [9.17, 15) is 4.79 Å². The lowest BCUT2D eigenvalue weighted by molar-refractivity contribution is -0.137. The third-order valence-corrected chi connectivity index (χ3v) is 6.89. The van der Waals surface area contributed by atoms with Crippen LogP contribution in [0, 0.1) is 18.3 Å². The van der Waals surface area contributed by atoms with Crippen molar-refractivity contribution in [2.24, 2.45) is 11.3 Å². The van der Waals surface area contributed by atoms with E-state index in [0.717, 1.165) is 77.3 Å². The SMILES string of the molecule is Cc1cccc(CN2CCCC3(CCCN(C(=O)CC4CCOCC4)C3)C2)n1. The van der Waals surface area contributed by atoms with Crippen molar-refractivity contribution in [3.05, 3.63) is 29.6 Å². The number of carbonyl (C=O) groups is 1. The first-order valence-electron chi connectivity index (χ1n) is 11.1. The van der Waals surface area contributed by atoms with Gasteiger partial charge >= 0.3 is 0 Å². The van der Waals surface area contributed by atoms with E-state index in [2.05, 4.69) is 34.9 Å². The summed E-state index contributed by atoms with van der Waals surface area (Å²) in [7, 11) is 0. The van der Waals surface area contributed by atoms with Crippen molar-refractivity contribution in [1.82, 2.24) is 14.8 Å². The van der Waals surface area contributed by atoms with Gasteiger partial charge in [0.25, 0.3) is 0 Å². The van der Waals surface area contributed by atoms with Crippen LogP contribution >= 0.6 is 0 Å². The van der Waals surface area contributed by atoms with E-state index in [1.54, 1.807) is 0 Å². The molecule has 4 rings (SSSR count). The highest BCUT2D eigenvalue weighted by Crippen LogP contribution is 2.39. The molecule has 3 saturated heterocycles. The summed E-state index contributed by atoms with van der Waals surface area (Å²) in [6, 6.07) is 6.30. The minimum absolute atomic E-state index is 0.283. The number of aryl methyl sites for hydroxylation is 1. The van der Waals surface area contributed by atoms with Crippen LogP contribution in [-0.2, 0) is 16.1 Å². The maximum atomic E-state index is 13.0. The third-order valence-electron chi connectivity index (χ3n) is 6.89.